The fourth-order valence-corrected chi connectivity index (χ4v) is 2.87. The van der Waals surface area contributed by atoms with Crippen molar-refractivity contribution in [1.82, 2.24) is 4.98 Å². The average Bonchev–Trinajstić information content (AvgIpc) is 2.90. The minimum Gasteiger partial charge on any atom is -0.359 e. The summed E-state index contributed by atoms with van der Waals surface area (Å²) in [4.78, 5) is 15.6. The van der Waals surface area contributed by atoms with Gasteiger partial charge < -0.3 is 14.9 Å². The molecule has 2 aromatic rings. The number of aryl methyl sites for hydroxylation is 2. The molecule has 1 aromatic heterocycles. The number of aromatic amines is 1. The maximum atomic E-state index is 12.1. The van der Waals surface area contributed by atoms with E-state index in [1.807, 2.05) is 19.9 Å². The van der Waals surface area contributed by atoms with Gasteiger partial charge in [0.15, 0.2) is 11.1 Å². The fraction of sp³-hybridized carbons (Fsp3) is 0.133. The zero-order valence-corrected chi connectivity index (χ0v) is 12.4. The summed E-state index contributed by atoms with van der Waals surface area (Å²) in [5, 5.41) is 2.76. The first-order valence-corrected chi connectivity index (χ1v) is 7.51. The van der Waals surface area contributed by atoms with Gasteiger partial charge in [-0.2, -0.15) is 0 Å². The predicted octanol–water partition coefficient (Wildman–Crippen LogP) is 2.70. The van der Waals surface area contributed by atoms with Crippen LogP contribution >= 0.6 is 0 Å². The van der Waals surface area contributed by atoms with E-state index in [0.717, 1.165) is 17.0 Å². The van der Waals surface area contributed by atoms with Crippen LogP contribution in [0, 0.1) is 13.8 Å². The number of nitrogens with one attached hydrogen (secondary N) is 2. The average molecular weight is 302 g/mol. The van der Waals surface area contributed by atoms with E-state index in [1.165, 1.54) is 6.07 Å². The van der Waals surface area contributed by atoms with Crippen LogP contribution < -0.4 is 5.32 Å². The predicted molar refractivity (Wildman–Crippen MR) is 82.2 cm³/mol. The summed E-state index contributed by atoms with van der Waals surface area (Å²) in [7, 11) is 0. The van der Waals surface area contributed by atoms with Crippen molar-refractivity contribution in [2.45, 2.75) is 18.7 Å². The van der Waals surface area contributed by atoms with Gasteiger partial charge in [0.1, 0.15) is 0 Å². The molecule has 1 aliphatic rings. The number of carbonyl (C=O) groups is 1. The molecule has 0 saturated heterocycles. The Hall–Kier alpha value is -2.18. The molecule has 0 bridgehead atoms. The van der Waals surface area contributed by atoms with Crippen molar-refractivity contribution < 1.29 is 13.6 Å². The number of hydrogen-bond donors (Lipinski definition) is 3. The zero-order chi connectivity index (χ0) is 15.1. The molecule has 108 valence electrons. The van der Waals surface area contributed by atoms with Gasteiger partial charge in [-0.1, -0.05) is 0 Å². The van der Waals surface area contributed by atoms with Crippen molar-refractivity contribution in [3.8, 4) is 0 Å². The number of benzene rings is 1. The van der Waals surface area contributed by atoms with Crippen molar-refractivity contribution >= 4 is 34.3 Å². The first kappa shape index (κ1) is 13.8. The fourth-order valence-electron chi connectivity index (χ4n) is 2.46. The van der Waals surface area contributed by atoms with E-state index in [-0.39, 0.29) is 10.8 Å². The Bertz CT molecular complexity index is 805. The van der Waals surface area contributed by atoms with Gasteiger partial charge in [-0.3, -0.25) is 4.79 Å². The minimum absolute atomic E-state index is 0.211. The second-order valence-corrected chi connectivity index (χ2v) is 5.99. The quantitative estimate of drug-likeness (QED) is 0.589. The molecule has 1 unspecified atom stereocenters. The molecule has 2 heterocycles. The van der Waals surface area contributed by atoms with E-state index in [1.54, 1.807) is 18.2 Å². The van der Waals surface area contributed by atoms with Gasteiger partial charge >= 0.3 is 0 Å². The molecule has 1 aromatic carbocycles. The van der Waals surface area contributed by atoms with Crippen molar-refractivity contribution in [3.63, 3.8) is 0 Å². The highest BCUT2D eigenvalue weighted by Crippen LogP contribution is 2.34. The molecule has 1 aliphatic heterocycles. The molecule has 0 fully saturated rings. The molecule has 0 radical (unpaired) electrons. The first-order chi connectivity index (χ1) is 9.95. The molecule has 5 nitrogen and oxygen atoms in total. The van der Waals surface area contributed by atoms with Crippen molar-refractivity contribution in [2.75, 3.05) is 5.32 Å². The number of amides is 1. The molecule has 1 amide bonds. The Kier molecular flexibility index (Phi) is 3.27. The number of hydrogen-bond acceptors (Lipinski definition) is 2. The molecule has 21 heavy (non-hydrogen) atoms. The molecule has 3 N–H and O–H groups in total. The largest absolute Gasteiger partial charge is 0.359 e. The van der Waals surface area contributed by atoms with Crippen molar-refractivity contribution in [3.05, 3.63) is 46.8 Å². The second-order valence-electron chi connectivity index (χ2n) is 5.02. The second kappa shape index (κ2) is 4.98. The Morgan fingerprint density at radius 1 is 1.24 bits per heavy atom. The van der Waals surface area contributed by atoms with Gasteiger partial charge in [-0.25, -0.2) is 4.21 Å². The van der Waals surface area contributed by atoms with Crippen LogP contribution in [0.25, 0.3) is 11.6 Å². The monoisotopic (exact) mass is 302 g/mol. The first-order valence-electron chi connectivity index (χ1n) is 6.40. The summed E-state index contributed by atoms with van der Waals surface area (Å²) in [6.45, 7) is 3.91. The standard InChI is InChI=1S/C15H14N2O3S/c1-8-5-9(2)16-14(8)7-12-11-6-10(21(19)20)3-4-13(11)17-15(12)18/h3-7,16H,1-2H3,(H,17,18)(H,19,20). The van der Waals surface area contributed by atoms with Crippen LogP contribution in [0.1, 0.15) is 22.5 Å². The number of H-pyrrole nitrogens is 1. The smallest absolute Gasteiger partial charge is 0.256 e. The van der Waals surface area contributed by atoms with Gasteiger partial charge in [0.25, 0.3) is 5.91 Å². The van der Waals surface area contributed by atoms with E-state index in [4.69, 9.17) is 0 Å². The Balaban J connectivity index is 2.13. The lowest BCUT2D eigenvalue weighted by atomic mass is 10.1. The van der Waals surface area contributed by atoms with Crippen LogP contribution in [0.2, 0.25) is 0 Å². The van der Waals surface area contributed by atoms with E-state index < -0.39 is 11.1 Å². The highest BCUT2D eigenvalue weighted by molar-refractivity contribution is 7.79. The summed E-state index contributed by atoms with van der Waals surface area (Å²) in [6.07, 6.45) is 1.77. The van der Waals surface area contributed by atoms with Crippen LogP contribution in [-0.4, -0.2) is 19.7 Å². The highest BCUT2D eigenvalue weighted by Gasteiger charge is 2.25. The van der Waals surface area contributed by atoms with Gasteiger partial charge in [0.2, 0.25) is 0 Å². The van der Waals surface area contributed by atoms with Gasteiger partial charge in [-0.05, 0) is 49.8 Å². The topological polar surface area (TPSA) is 82.2 Å². The SMILES string of the molecule is Cc1cc(C)c(C=C2C(=O)Nc3ccc(S(=O)O)cc32)[nH]1. The summed E-state index contributed by atoms with van der Waals surface area (Å²) < 4.78 is 20.4. The lowest BCUT2D eigenvalue weighted by Gasteiger charge is -2.01. The van der Waals surface area contributed by atoms with Gasteiger partial charge in [-0.15, -0.1) is 0 Å². The normalized spacial score (nSPS) is 16.9. The van der Waals surface area contributed by atoms with Crippen molar-refractivity contribution in [1.29, 1.82) is 0 Å². The number of carbonyl (C=O) groups excluding carboxylic acids is 1. The van der Waals surface area contributed by atoms with Crippen LogP contribution in [0.3, 0.4) is 0 Å². The number of aromatic nitrogens is 1. The Labute approximate surface area is 124 Å². The van der Waals surface area contributed by atoms with Gasteiger partial charge in [0.05, 0.1) is 10.5 Å². The lowest BCUT2D eigenvalue weighted by Crippen LogP contribution is -2.03. The number of fused-ring (bicyclic) bond motifs is 1. The van der Waals surface area contributed by atoms with Crippen LogP contribution in [-0.2, 0) is 15.9 Å². The van der Waals surface area contributed by atoms with E-state index in [9.17, 15) is 13.6 Å². The third kappa shape index (κ3) is 2.43. The molecular weight excluding hydrogens is 288 g/mol. The third-order valence-corrected chi connectivity index (χ3v) is 4.11. The summed E-state index contributed by atoms with van der Waals surface area (Å²) in [5.41, 5.74) is 4.71. The van der Waals surface area contributed by atoms with Crippen LogP contribution in [0.4, 0.5) is 5.69 Å². The number of rotatable bonds is 2. The Morgan fingerprint density at radius 3 is 2.62 bits per heavy atom. The van der Waals surface area contributed by atoms with E-state index in [0.29, 0.717) is 16.8 Å². The number of anilines is 1. The molecule has 0 aliphatic carbocycles. The molecule has 3 rings (SSSR count). The van der Waals surface area contributed by atoms with Crippen LogP contribution in [0.15, 0.2) is 29.2 Å². The maximum absolute atomic E-state index is 12.1. The summed E-state index contributed by atoms with van der Waals surface area (Å²) in [5.74, 6) is -0.211. The van der Waals surface area contributed by atoms with Gasteiger partial charge in [0, 0.05) is 22.6 Å². The van der Waals surface area contributed by atoms with E-state index in [2.05, 4.69) is 10.3 Å². The van der Waals surface area contributed by atoms with Crippen LogP contribution in [0.5, 0.6) is 0 Å². The molecule has 1 atom stereocenters. The lowest BCUT2D eigenvalue weighted by molar-refractivity contribution is -0.110. The van der Waals surface area contributed by atoms with E-state index >= 15 is 0 Å². The van der Waals surface area contributed by atoms with Crippen molar-refractivity contribution in [2.24, 2.45) is 0 Å². The molecule has 0 saturated carbocycles. The molecule has 0 spiro atoms. The minimum atomic E-state index is -2.07. The summed E-state index contributed by atoms with van der Waals surface area (Å²) in [6, 6.07) is 6.74. The molecular formula is C15H14N2O3S. The summed E-state index contributed by atoms with van der Waals surface area (Å²) >= 11 is -2.07. The molecule has 6 heteroatoms. The zero-order valence-electron chi connectivity index (χ0n) is 11.6. The Morgan fingerprint density at radius 2 is 2.00 bits per heavy atom. The maximum Gasteiger partial charge on any atom is 0.256 e. The highest BCUT2D eigenvalue weighted by atomic mass is 32.2. The third-order valence-electron chi connectivity index (χ3n) is 3.45.